The maximum Gasteiger partial charge on any atom is 0.309 e. The number of carbonyl (C=O) groups is 4. The number of ketones is 2. The van der Waals surface area contributed by atoms with E-state index < -0.39 is 71.2 Å². The molecular weight excluding hydrogens is 945 g/mol. The number of thiazole rings is 2. The lowest BCUT2D eigenvalue weighted by molar-refractivity contribution is -0.156. The molecule has 71 heavy (non-hydrogen) atoms. The van der Waals surface area contributed by atoms with Crippen LogP contribution >= 0.6 is 22.7 Å². The van der Waals surface area contributed by atoms with Gasteiger partial charge in [-0.05, 0) is 90.0 Å². The largest absolute Gasteiger partial charge is 0.458 e. The van der Waals surface area contributed by atoms with Crippen LogP contribution in [-0.2, 0) is 38.1 Å². The number of esters is 2. The summed E-state index contributed by atoms with van der Waals surface area (Å²) in [4.78, 5) is 61.2. The van der Waals surface area contributed by atoms with Crippen molar-refractivity contribution in [3.8, 4) is 0 Å². The molecule has 0 bridgehead atoms. The summed E-state index contributed by atoms with van der Waals surface area (Å²) < 4.78 is 23.8. The van der Waals surface area contributed by atoms with Gasteiger partial charge in [0.15, 0.2) is 0 Å². The van der Waals surface area contributed by atoms with Crippen LogP contribution in [0, 0.1) is 48.3 Å². The molecule has 2 aromatic rings. The third-order valence-electron chi connectivity index (χ3n) is 15.4. The Bertz CT molecular complexity index is 2260. The molecule has 398 valence electrons. The summed E-state index contributed by atoms with van der Waals surface area (Å²) in [6.45, 7) is 25.4. The molecule has 4 aliphatic rings. The van der Waals surface area contributed by atoms with E-state index in [0.29, 0.717) is 19.3 Å². The van der Waals surface area contributed by atoms with E-state index in [9.17, 15) is 39.6 Å². The third-order valence-corrected chi connectivity index (χ3v) is 17.0. The minimum Gasteiger partial charge on any atom is -0.458 e. The second-order valence-corrected chi connectivity index (χ2v) is 24.3. The van der Waals surface area contributed by atoms with Gasteiger partial charge in [0, 0.05) is 41.4 Å². The average molecular weight is 1030 g/mol. The van der Waals surface area contributed by atoms with Crippen molar-refractivity contribution in [3.05, 3.63) is 55.5 Å². The Kier molecular flexibility index (Phi) is 20.5. The van der Waals surface area contributed by atoms with Crippen LogP contribution in [0.3, 0.4) is 0 Å². The second kappa shape index (κ2) is 24.2. The van der Waals surface area contributed by atoms with Crippen LogP contribution in [0.2, 0.25) is 0 Å². The Balaban J connectivity index is 0.000000304. The quantitative estimate of drug-likeness (QED) is 0.127. The van der Waals surface area contributed by atoms with Crippen LogP contribution < -0.4 is 0 Å². The van der Waals surface area contributed by atoms with E-state index in [1.807, 2.05) is 83.5 Å². The maximum absolute atomic E-state index is 13.2. The molecule has 6 rings (SSSR count). The van der Waals surface area contributed by atoms with E-state index in [-0.39, 0.29) is 67.1 Å². The predicted octanol–water partition coefficient (Wildman–Crippen LogP) is 9.37. The molecule has 14 atom stereocenters. The number of rotatable bonds is 4. The van der Waals surface area contributed by atoms with Crippen molar-refractivity contribution in [1.82, 2.24) is 9.97 Å². The van der Waals surface area contributed by atoms with Gasteiger partial charge < -0.3 is 39.4 Å². The van der Waals surface area contributed by atoms with Crippen LogP contribution in [0.25, 0.3) is 12.2 Å². The fourth-order valence-corrected chi connectivity index (χ4v) is 10.9. The van der Waals surface area contributed by atoms with Crippen LogP contribution in [0.4, 0.5) is 0 Å². The molecule has 2 aromatic heterocycles. The predicted molar refractivity (Wildman–Crippen MR) is 278 cm³/mol. The van der Waals surface area contributed by atoms with Crippen molar-refractivity contribution < 1.29 is 58.6 Å². The van der Waals surface area contributed by atoms with E-state index >= 15 is 0 Å². The highest BCUT2D eigenvalue weighted by Crippen LogP contribution is 2.46. The number of aliphatic hydroxyl groups excluding tert-OH is 4. The van der Waals surface area contributed by atoms with Gasteiger partial charge in [-0.25, -0.2) is 9.97 Å². The van der Waals surface area contributed by atoms with Crippen molar-refractivity contribution in [1.29, 1.82) is 0 Å². The van der Waals surface area contributed by atoms with Crippen molar-refractivity contribution in [2.24, 2.45) is 34.5 Å². The first kappa shape index (κ1) is 60.1. The minimum absolute atomic E-state index is 0. The number of epoxide rings is 2. The van der Waals surface area contributed by atoms with Crippen molar-refractivity contribution >= 4 is 58.3 Å². The summed E-state index contributed by atoms with van der Waals surface area (Å²) in [6, 6.07) is 0. The number of nitrogens with zero attached hydrogens (tertiary/aromatic N) is 2. The first-order valence-corrected chi connectivity index (χ1v) is 26.7. The Morgan fingerprint density at radius 2 is 1.10 bits per heavy atom. The molecule has 4 unspecified atom stereocenters. The highest BCUT2D eigenvalue weighted by atomic mass is 32.1. The first-order valence-electron chi connectivity index (χ1n) is 24.9. The summed E-state index contributed by atoms with van der Waals surface area (Å²) in [5, 5.41) is 49.1. The Hall–Kier alpha value is -3.48. The summed E-state index contributed by atoms with van der Waals surface area (Å²) in [6.07, 6.45) is 5.82. The normalized spacial score (nSPS) is 37.2. The van der Waals surface area contributed by atoms with Gasteiger partial charge in [-0.3, -0.25) is 19.2 Å². The lowest BCUT2D eigenvalue weighted by atomic mass is 9.73. The molecule has 4 N–H and O–H groups in total. The summed E-state index contributed by atoms with van der Waals surface area (Å²) in [5.41, 5.74) is 0.218. The monoisotopic (exact) mass is 1030 g/mol. The first-order chi connectivity index (χ1) is 32.5. The van der Waals surface area contributed by atoms with Gasteiger partial charge in [-0.2, -0.15) is 0 Å². The number of aromatic nitrogens is 2. The van der Waals surface area contributed by atoms with E-state index in [0.717, 1.165) is 51.8 Å². The fourth-order valence-electron chi connectivity index (χ4n) is 9.74. The summed E-state index contributed by atoms with van der Waals surface area (Å²) in [7, 11) is 0. The number of hydrogen-bond acceptors (Lipinski definition) is 16. The Morgan fingerprint density at radius 1 is 0.676 bits per heavy atom. The molecule has 0 aromatic carbocycles. The molecule has 14 nitrogen and oxygen atoms in total. The van der Waals surface area contributed by atoms with Crippen LogP contribution in [0.5, 0.6) is 0 Å². The van der Waals surface area contributed by atoms with Crippen LogP contribution in [0.1, 0.15) is 163 Å². The van der Waals surface area contributed by atoms with Gasteiger partial charge in [-0.15, -0.1) is 22.7 Å². The molecule has 0 saturated carbocycles. The van der Waals surface area contributed by atoms with Crippen LogP contribution in [-0.4, -0.2) is 114 Å². The number of ether oxygens (including phenoxy) is 4. The standard InChI is InChI=1S/C27H41NO6S.C27H39NO6S.CH4/c2*1-15-9-8-10-27(7)22(34-27)12-20(16(2)11-19-14-35-18(4)28-19)33-23(30)13-21(29)26(5,6)25(32)17(3)24(15)31;/h11,14-15,17,20-22,24,29,31H,8-10,12-13H2,1-7H3;8-9,11,14-15,17,20-22,24,29,31H,10,12-13H2,1-7H3;1H4/b16-11+;9-8+,16-11+;/t2*15-,17?,20?,21-,22-,24-,27+;/m00./s1. The fraction of sp³-hybridized carbons (Fsp3) is 0.709. The second-order valence-electron chi connectivity index (χ2n) is 22.2. The van der Waals surface area contributed by atoms with E-state index in [4.69, 9.17) is 18.9 Å². The number of Topliss-reactive ketones (excluding diaryl/α,β-unsaturated/α-hetero) is 2. The van der Waals surface area contributed by atoms with Crippen molar-refractivity contribution in [3.63, 3.8) is 0 Å². The van der Waals surface area contributed by atoms with Gasteiger partial charge in [0.05, 0.1) is 92.9 Å². The maximum atomic E-state index is 13.2. The molecule has 0 spiro atoms. The van der Waals surface area contributed by atoms with Gasteiger partial charge in [0.2, 0.25) is 0 Å². The number of cyclic esters (lactones) is 2. The van der Waals surface area contributed by atoms with E-state index in [1.54, 1.807) is 64.2 Å². The average Bonchev–Trinajstić information content (AvgIpc) is 3.94. The SMILES string of the molecule is C.C/C(=C\c1csc(C)n1)C1C[C@@H]2O[C@]2(C)C/C=C/[C@H](C)[C@H](O)C(C)C(=O)C(C)(C)[C@@H](O)CC(=O)O1.C/C(=C\c1csc(C)n1)C1C[C@@H]2O[C@]2(C)CCC[C@H](C)[C@H](O)C(C)C(=O)C(C)(C)[C@@H](O)CC(=O)O1. The minimum atomic E-state index is -1.25. The lowest BCUT2D eigenvalue weighted by Gasteiger charge is -2.34. The number of hydrogen-bond donors (Lipinski definition) is 4. The highest BCUT2D eigenvalue weighted by Gasteiger charge is 2.54. The van der Waals surface area contributed by atoms with Crippen molar-refractivity contribution in [2.45, 2.75) is 216 Å². The smallest absolute Gasteiger partial charge is 0.309 e. The molecule has 0 amide bonds. The van der Waals surface area contributed by atoms with Gasteiger partial charge >= 0.3 is 11.9 Å². The zero-order valence-corrected chi connectivity index (χ0v) is 45.4. The number of fused-ring (bicyclic) bond motifs is 2. The molecule has 16 heteroatoms. The number of aliphatic hydroxyl groups is 4. The Labute approximate surface area is 430 Å². The highest BCUT2D eigenvalue weighted by molar-refractivity contribution is 7.09. The molecule has 3 saturated heterocycles. The lowest BCUT2D eigenvalue weighted by Crippen LogP contribution is -2.45. The number of carbonyl (C=O) groups excluding carboxylic acids is 4. The van der Waals surface area contributed by atoms with Gasteiger partial charge in [-0.1, -0.05) is 81.4 Å². The molecule has 4 aliphatic heterocycles. The number of aryl methyl sites for hydroxylation is 2. The molecule has 3 fully saturated rings. The van der Waals surface area contributed by atoms with Gasteiger partial charge in [0.1, 0.15) is 23.8 Å². The molecule has 0 radical (unpaired) electrons. The van der Waals surface area contributed by atoms with Crippen LogP contribution in [0.15, 0.2) is 34.1 Å². The third kappa shape index (κ3) is 15.3. The topological polar surface area (TPSA) is 218 Å². The molecular formula is C55H84N2O12S2. The molecule has 0 aliphatic carbocycles. The van der Waals surface area contributed by atoms with Gasteiger partial charge in [0.25, 0.3) is 0 Å². The zero-order valence-electron chi connectivity index (χ0n) is 43.8. The summed E-state index contributed by atoms with van der Waals surface area (Å²) >= 11 is 3.11. The molecule has 6 heterocycles. The summed E-state index contributed by atoms with van der Waals surface area (Å²) in [5.74, 6) is -3.37. The van der Waals surface area contributed by atoms with Crippen molar-refractivity contribution in [2.75, 3.05) is 0 Å². The Morgan fingerprint density at radius 3 is 1.54 bits per heavy atom. The zero-order chi connectivity index (χ0) is 52.3. The van der Waals surface area contributed by atoms with E-state index in [2.05, 4.69) is 16.9 Å². The van der Waals surface area contributed by atoms with E-state index in [1.165, 1.54) is 0 Å².